The fraction of sp³-hybridized carbons (Fsp3) is 0.462. The van der Waals surface area contributed by atoms with Crippen molar-refractivity contribution in [3.8, 4) is 0 Å². The Labute approximate surface area is 81.0 Å². The zero-order valence-electron chi connectivity index (χ0n) is 8.13. The van der Waals surface area contributed by atoms with E-state index in [-0.39, 0.29) is 0 Å². The molecule has 1 aliphatic carbocycles. The van der Waals surface area contributed by atoms with Gasteiger partial charge in [-0.1, -0.05) is 49.6 Å². The Morgan fingerprint density at radius 2 is 1.54 bits per heavy atom. The molecule has 0 heterocycles. The minimum atomic E-state index is 1.22. The van der Waals surface area contributed by atoms with Gasteiger partial charge in [-0.25, -0.2) is 0 Å². The topological polar surface area (TPSA) is 0 Å². The van der Waals surface area contributed by atoms with Crippen molar-refractivity contribution in [3.63, 3.8) is 0 Å². The average molecular weight is 173 g/mol. The maximum Gasteiger partial charge on any atom is -0.0197 e. The summed E-state index contributed by atoms with van der Waals surface area (Å²) in [7, 11) is 0. The SMILES string of the molecule is c1ccc(C[C]2CCCCC2)cc1. The van der Waals surface area contributed by atoms with E-state index in [0.717, 1.165) is 0 Å². The van der Waals surface area contributed by atoms with Gasteiger partial charge in [-0.3, -0.25) is 0 Å². The molecule has 0 nitrogen and oxygen atoms in total. The average Bonchev–Trinajstić information content (AvgIpc) is 2.21. The Bertz CT molecular complexity index is 231. The molecule has 2 rings (SSSR count). The molecule has 0 atom stereocenters. The van der Waals surface area contributed by atoms with E-state index in [4.69, 9.17) is 0 Å². The van der Waals surface area contributed by atoms with E-state index in [1.807, 2.05) is 0 Å². The van der Waals surface area contributed by atoms with Gasteiger partial charge in [0.15, 0.2) is 0 Å². The van der Waals surface area contributed by atoms with Gasteiger partial charge in [0.1, 0.15) is 0 Å². The minimum absolute atomic E-state index is 1.22. The molecule has 1 fully saturated rings. The first-order valence-corrected chi connectivity index (χ1v) is 5.32. The van der Waals surface area contributed by atoms with Gasteiger partial charge in [0.2, 0.25) is 0 Å². The van der Waals surface area contributed by atoms with Crippen LogP contribution in [0.4, 0.5) is 0 Å². The Morgan fingerprint density at radius 3 is 2.23 bits per heavy atom. The van der Waals surface area contributed by atoms with Crippen molar-refractivity contribution in [2.24, 2.45) is 0 Å². The Kier molecular flexibility index (Phi) is 3.02. The van der Waals surface area contributed by atoms with Crippen LogP contribution >= 0.6 is 0 Å². The Hall–Kier alpha value is -0.780. The number of hydrogen-bond donors (Lipinski definition) is 0. The highest BCUT2D eigenvalue weighted by atomic mass is 14.2. The molecule has 1 radical (unpaired) electrons. The highest BCUT2D eigenvalue weighted by Crippen LogP contribution is 2.28. The van der Waals surface area contributed by atoms with Crippen LogP contribution < -0.4 is 0 Å². The van der Waals surface area contributed by atoms with Crippen LogP contribution in [-0.2, 0) is 6.42 Å². The van der Waals surface area contributed by atoms with E-state index >= 15 is 0 Å². The third-order valence-electron chi connectivity index (χ3n) is 2.86. The van der Waals surface area contributed by atoms with E-state index in [1.165, 1.54) is 44.1 Å². The second-order valence-electron chi connectivity index (χ2n) is 3.97. The molecule has 0 N–H and O–H groups in total. The van der Waals surface area contributed by atoms with Gasteiger partial charge >= 0.3 is 0 Å². The molecule has 0 saturated heterocycles. The highest BCUT2D eigenvalue weighted by Gasteiger charge is 2.13. The summed E-state index contributed by atoms with van der Waals surface area (Å²) >= 11 is 0. The summed E-state index contributed by atoms with van der Waals surface area (Å²) in [6.07, 6.45) is 8.24. The molecule has 0 unspecified atom stereocenters. The number of rotatable bonds is 2. The summed E-state index contributed by atoms with van der Waals surface area (Å²) in [6.45, 7) is 0. The van der Waals surface area contributed by atoms with Crippen LogP contribution in [0.3, 0.4) is 0 Å². The van der Waals surface area contributed by atoms with Crippen molar-refractivity contribution in [1.82, 2.24) is 0 Å². The van der Waals surface area contributed by atoms with Gasteiger partial charge in [0, 0.05) is 0 Å². The second kappa shape index (κ2) is 4.45. The predicted molar refractivity (Wildman–Crippen MR) is 56.5 cm³/mol. The van der Waals surface area contributed by atoms with Gasteiger partial charge in [-0.15, -0.1) is 0 Å². The van der Waals surface area contributed by atoms with E-state index in [0.29, 0.717) is 0 Å². The molecule has 13 heavy (non-hydrogen) atoms. The summed E-state index contributed by atoms with van der Waals surface area (Å²) in [5, 5.41) is 0. The van der Waals surface area contributed by atoms with E-state index in [1.54, 1.807) is 5.92 Å². The third kappa shape index (κ3) is 2.58. The number of hydrogen-bond acceptors (Lipinski definition) is 0. The highest BCUT2D eigenvalue weighted by molar-refractivity contribution is 5.19. The van der Waals surface area contributed by atoms with Crippen molar-refractivity contribution < 1.29 is 0 Å². The molecule has 0 spiro atoms. The largest absolute Gasteiger partial charge is 0.0622 e. The molecule has 0 heteroatoms. The minimum Gasteiger partial charge on any atom is -0.0622 e. The Balaban J connectivity index is 1.90. The summed E-state index contributed by atoms with van der Waals surface area (Å²) in [5.74, 6) is 1.76. The fourth-order valence-corrected chi connectivity index (χ4v) is 2.11. The summed E-state index contributed by atoms with van der Waals surface area (Å²) < 4.78 is 0. The molecule has 1 saturated carbocycles. The fourth-order valence-electron chi connectivity index (χ4n) is 2.11. The summed E-state index contributed by atoms with van der Waals surface area (Å²) in [4.78, 5) is 0. The van der Waals surface area contributed by atoms with Crippen LogP contribution in [-0.4, -0.2) is 0 Å². The molecular weight excluding hydrogens is 156 g/mol. The molecule has 0 aliphatic heterocycles. The van der Waals surface area contributed by atoms with Crippen molar-refractivity contribution >= 4 is 0 Å². The summed E-state index contributed by atoms with van der Waals surface area (Å²) in [5.41, 5.74) is 1.49. The molecule has 1 aliphatic rings. The van der Waals surface area contributed by atoms with Crippen molar-refractivity contribution in [2.45, 2.75) is 38.5 Å². The molecule has 0 bridgehead atoms. The monoisotopic (exact) mass is 173 g/mol. The molecule has 0 aromatic heterocycles. The Morgan fingerprint density at radius 1 is 0.846 bits per heavy atom. The standard InChI is InChI=1S/C13H17/c1-3-7-12(8-4-1)11-13-9-5-2-6-10-13/h1,3-4,7-8H,2,5-6,9-11H2. The molecule has 69 valence electrons. The van der Waals surface area contributed by atoms with Gasteiger partial charge in [0.05, 0.1) is 0 Å². The lowest BCUT2D eigenvalue weighted by molar-refractivity contribution is 0.520. The maximum atomic E-state index is 2.24. The number of benzene rings is 1. The third-order valence-corrected chi connectivity index (χ3v) is 2.86. The first-order valence-electron chi connectivity index (χ1n) is 5.32. The lowest BCUT2D eigenvalue weighted by atomic mass is 9.85. The van der Waals surface area contributed by atoms with Crippen molar-refractivity contribution in [2.75, 3.05) is 0 Å². The quantitative estimate of drug-likeness (QED) is 0.638. The first kappa shape index (κ1) is 8.80. The normalized spacial score (nSPS) is 18.8. The van der Waals surface area contributed by atoms with Crippen LogP contribution in [0, 0.1) is 5.92 Å². The van der Waals surface area contributed by atoms with Crippen molar-refractivity contribution in [1.29, 1.82) is 0 Å². The van der Waals surface area contributed by atoms with E-state index in [9.17, 15) is 0 Å². The van der Waals surface area contributed by atoms with Gasteiger partial charge in [-0.2, -0.15) is 0 Å². The van der Waals surface area contributed by atoms with E-state index in [2.05, 4.69) is 30.3 Å². The predicted octanol–water partition coefficient (Wildman–Crippen LogP) is 3.77. The van der Waals surface area contributed by atoms with Crippen molar-refractivity contribution in [3.05, 3.63) is 41.8 Å². The maximum absolute atomic E-state index is 2.24. The van der Waals surface area contributed by atoms with Crippen LogP contribution in [0.5, 0.6) is 0 Å². The lowest BCUT2D eigenvalue weighted by Gasteiger charge is -2.20. The molecule has 1 aromatic rings. The van der Waals surface area contributed by atoms with Crippen LogP contribution in [0.1, 0.15) is 37.7 Å². The zero-order valence-corrected chi connectivity index (χ0v) is 8.13. The lowest BCUT2D eigenvalue weighted by Crippen LogP contribution is -2.06. The van der Waals surface area contributed by atoms with Crippen LogP contribution in [0.25, 0.3) is 0 Å². The van der Waals surface area contributed by atoms with Gasteiger partial charge < -0.3 is 0 Å². The van der Waals surface area contributed by atoms with E-state index < -0.39 is 0 Å². The van der Waals surface area contributed by atoms with Crippen LogP contribution in [0.15, 0.2) is 30.3 Å². The van der Waals surface area contributed by atoms with Crippen LogP contribution in [0.2, 0.25) is 0 Å². The first-order chi connectivity index (χ1) is 6.45. The zero-order chi connectivity index (χ0) is 8.93. The molecular formula is C13H17. The molecule has 0 amide bonds. The second-order valence-corrected chi connectivity index (χ2v) is 3.97. The molecule has 1 aromatic carbocycles. The van der Waals surface area contributed by atoms with Gasteiger partial charge in [-0.05, 0) is 30.7 Å². The van der Waals surface area contributed by atoms with Gasteiger partial charge in [0.25, 0.3) is 0 Å². The smallest absolute Gasteiger partial charge is 0.0197 e. The summed E-state index contributed by atoms with van der Waals surface area (Å²) in [6, 6.07) is 10.8.